The van der Waals surface area contributed by atoms with Crippen molar-refractivity contribution >= 4 is 26.8 Å². The van der Waals surface area contributed by atoms with Crippen molar-refractivity contribution in [1.82, 2.24) is 4.98 Å². The average Bonchev–Trinajstić information content (AvgIpc) is 2.80. The Hall–Kier alpha value is -2.41. The zero-order valence-electron chi connectivity index (χ0n) is 11.0. The highest BCUT2D eigenvalue weighted by Gasteiger charge is 2.17. The molecular weight excluding hydrogens is 295 g/mol. The largest absolute Gasteiger partial charge is 0.441 e. The van der Waals surface area contributed by atoms with Gasteiger partial charge in [-0.25, -0.2) is 17.8 Å². The van der Waals surface area contributed by atoms with E-state index in [9.17, 15) is 12.8 Å². The molecule has 0 saturated carbocycles. The summed E-state index contributed by atoms with van der Waals surface area (Å²) in [4.78, 5) is 4.07. The topological polar surface area (TPSA) is 72.2 Å². The summed E-state index contributed by atoms with van der Waals surface area (Å²) in [6.07, 6.45) is 0. The molecule has 1 heterocycles. The second-order valence-electron chi connectivity index (χ2n) is 4.45. The number of rotatable bonds is 3. The molecule has 108 valence electrons. The maximum absolute atomic E-state index is 13.5. The smallest absolute Gasteiger partial charge is 0.262 e. The van der Waals surface area contributed by atoms with Crippen LogP contribution in [0.25, 0.3) is 11.1 Å². The number of benzene rings is 2. The molecule has 5 nitrogen and oxygen atoms in total. The lowest BCUT2D eigenvalue weighted by molar-refractivity contribution is 0.559. The molecule has 1 N–H and O–H groups in total. The molecule has 0 aliphatic heterocycles. The lowest BCUT2D eigenvalue weighted by Crippen LogP contribution is -2.13. The van der Waals surface area contributed by atoms with Gasteiger partial charge in [0.15, 0.2) is 11.5 Å². The molecule has 0 atom stereocenters. The Kier molecular flexibility index (Phi) is 3.13. The van der Waals surface area contributed by atoms with Crippen LogP contribution >= 0.6 is 0 Å². The minimum Gasteiger partial charge on any atom is -0.441 e. The van der Waals surface area contributed by atoms with Crippen LogP contribution in [0.15, 0.2) is 51.8 Å². The standard InChI is InChI=1S/C14H11FN2O3S/c1-9-16-13-7-6-10(8-14(13)20-9)21(18,19)17-12-5-3-2-4-11(12)15/h2-8,17H,1H3. The number of sulfonamides is 1. The van der Waals surface area contributed by atoms with Crippen molar-refractivity contribution in [2.24, 2.45) is 0 Å². The summed E-state index contributed by atoms with van der Waals surface area (Å²) in [5.74, 6) is -0.195. The molecule has 0 spiro atoms. The molecule has 0 amide bonds. The van der Waals surface area contributed by atoms with Crippen LogP contribution in [0.4, 0.5) is 10.1 Å². The molecule has 7 heteroatoms. The van der Waals surface area contributed by atoms with Crippen molar-refractivity contribution in [2.75, 3.05) is 4.72 Å². The molecule has 0 fully saturated rings. The fourth-order valence-electron chi connectivity index (χ4n) is 1.93. The van der Waals surface area contributed by atoms with Crippen molar-refractivity contribution in [3.05, 3.63) is 54.2 Å². The van der Waals surface area contributed by atoms with Gasteiger partial charge in [0, 0.05) is 13.0 Å². The van der Waals surface area contributed by atoms with E-state index in [1.807, 2.05) is 0 Å². The molecule has 0 bridgehead atoms. The quantitative estimate of drug-likeness (QED) is 0.807. The van der Waals surface area contributed by atoms with Crippen LogP contribution in [0, 0.1) is 12.7 Å². The van der Waals surface area contributed by atoms with Crippen LogP contribution in [-0.4, -0.2) is 13.4 Å². The van der Waals surface area contributed by atoms with Crippen molar-refractivity contribution < 1.29 is 17.2 Å². The second kappa shape index (κ2) is 4.85. The number of oxazole rings is 1. The molecule has 0 aliphatic rings. The van der Waals surface area contributed by atoms with E-state index in [0.29, 0.717) is 17.0 Å². The highest BCUT2D eigenvalue weighted by Crippen LogP contribution is 2.23. The normalized spacial score (nSPS) is 11.7. The van der Waals surface area contributed by atoms with Gasteiger partial charge in [-0.1, -0.05) is 12.1 Å². The van der Waals surface area contributed by atoms with E-state index in [2.05, 4.69) is 9.71 Å². The first-order valence-corrected chi connectivity index (χ1v) is 7.58. The number of aromatic nitrogens is 1. The lowest BCUT2D eigenvalue weighted by Gasteiger charge is -2.08. The van der Waals surface area contributed by atoms with Crippen molar-refractivity contribution in [2.45, 2.75) is 11.8 Å². The third-order valence-electron chi connectivity index (χ3n) is 2.90. The molecule has 0 saturated heterocycles. The summed E-state index contributed by atoms with van der Waals surface area (Å²) in [7, 11) is -3.90. The molecule has 1 aromatic heterocycles. The molecular formula is C14H11FN2O3S. The Morgan fingerprint density at radius 1 is 1.19 bits per heavy atom. The number of fused-ring (bicyclic) bond motifs is 1. The molecule has 21 heavy (non-hydrogen) atoms. The molecule has 2 aromatic carbocycles. The molecule has 0 unspecified atom stereocenters. The van der Waals surface area contributed by atoms with Crippen molar-refractivity contribution in [3.63, 3.8) is 0 Å². The minimum absolute atomic E-state index is 0.0191. The van der Waals surface area contributed by atoms with Crippen molar-refractivity contribution in [3.8, 4) is 0 Å². The third-order valence-corrected chi connectivity index (χ3v) is 4.26. The van der Waals surface area contributed by atoms with Crippen molar-refractivity contribution in [1.29, 1.82) is 0 Å². The first-order valence-electron chi connectivity index (χ1n) is 6.10. The number of anilines is 1. The van der Waals surface area contributed by atoms with E-state index in [1.165, 1.54) is 30.3 Å². The highest BCUT2D eigenvalue weighted by molar-refractivity contribution is 7.92. The lowest BCUT2D eigenvalue weighted by atomic mass is 10.3. The third kappa shape index (κ3) is 2.59. The predicted octanol–water partition coefficient (Wildman–Crippen LogP) is 3.08. The molecule has 3 rings (SSSR count). The van der Waals surface area contributed by atoms with Gasteiger partial charge in [0.1, 0.15) is 11.3 Å². The van der Waals surface area contributed by atoms with Gasteiger partial charge in [-0.2, -0.15) is 0 Å². The van der Waals surface area contributed by atoms with E-state index in [0.717, 1.165) is 0 Å². The summed E-state index contributed by atoms with van der Waals surface area (Å²) in [6, 6.07) is 9.86. The summed E-state index contributed by atoms with van der Waals surface area (Å²) < 4.78 is 45.6. The van der Waals surface area contributed by atoms with Crippen LogP contribution in [0.1, 0.15) is 5.89 Å². The van der Waals surface area contributed by atoms with Crippen LogP contribution in [0.2, 0.25) is 0 Å². The Bertz CT molecular complexity index is 919. The van der Waals surface area contributed by atoms with Crippen LogP contribution in [0.3, 0.4) is 0 Å². The number of para-hydroxylation sites is 1. The first kappa shape index (κ1) is 13.6. The summed E-state index contributed by atoms with van der Waals surface area (Å²) in [6.45, 7) is 1.67. The fourth-order valence-corrected chi connectivity index (χ4v) is 3.02. The van der Waals surface area contributed by atoms with Gasteiger partial charge in [0.05, 0.1) is 10.6 Å². The summed E-state index contributed by atoms with van der Waals surface area (Å²) in [5.41, 5.74) is 0.826. The number of halogens is 1. The minimum atomic E-state index is -3.90. The zero-order chi connectivity index (χ0) is 15.0. The molecule has 3 aromatic rings. The molecule has 0 aliphatic carbocycles. The number of nitrogens with zero attached hydrogens (tertiary/aromatic N) is 1. The number of nitrogens with one attached hydrogen (secondary N) is 1. The average molecular weight is 306 g/mol. The summed E-state index contributed by atoms with van der Waals surface area (Å²) in [5, 5.41) is 0. The fraction of sp³-hybridized carbons (Fsp3) is 0.0714. The van der Waals surface area contributed by atoms with Gasteiger partial charge < -0.3 is 4.42 Å². The zero-order valence-corrected chi connectivity index (χ0v) is 11.8. The number of hydrogen-bond acceptors (Lipinski definition) is 4. The Morgan fingerprint density at radius 3 is 2.71 bits per heavy atom. The van der Waals surface area contributed by atoms with Gasteiger partial charge >= 0.3 is 0 Å². The van der Waals surface area contributed by atoms with Crippen LogP contribution in [-0.2, 0) is 10.0 Å². The van der Waals surface area contributed by atoms with Crippen LogP contribution in [0.5, 0.6) is 0 Å². The van der Waals surface area contributed by atoms with E-state index in [4.69, 9.17) is 4.42 Å². The van der Waals surface area contributed by atoms with Gasteiger partial charge in [0.2, 0.25) is 0 Å². The van der Waals surface area contributed by atoms with E-state index >= 15 is 0 Å². The molecule has 0 radical (unpaired) electrons. The Labute approximate surface area is 120 Å². The van der Waals surface area contributed by atoms with Gasteiger partial charge in [-0.15, -0.1) is 0 Å². The first-order chi connectivity index (χ1) is 9.95. The number of hydrogen-bond donors (Lipinski definition) is 1. The van der Waals surface area contributed by atoms with Gasteiger partial charge in [-0.05, 0) is 24.3 Å². The van der Waals surface area contributed by atoms with Gasteiger partial charge in [0.25, 0.3) is 10.0 Å². The SMILES string of the molecule is Cc1nc2ccc(S(=O)(=O)Nc3ccccc3F)cc2o1. The predicted molar refractivity (Wildman–Crippen MR) is 76.0 cm³/mol. The monoisotopic (exact) mass is 306 g/mol. The summed E-state index contributed by atoms with van der Waals surface area (Å²) >= 11 is 0. The maximum atomic E-state index is 13.5. The Balaban J connectivity index is 2.01. The highest BCUT2D eigenvalue weighted by atomic mass is 32.2. The Morgan fingerprint density at radius 2 is 1.95 bits per heavy atom. The van der Waals surface area contributed by atoms with E-state index in [1.54, 1.807) is 19.1 Å². The van der Waals surface area contributed by atoms with E-state index in [-0.39, 0.29) is 10.6 Å². The maximum Gasteiger partial charge on any atom is 0.262 e. The van der Waals surface area contributed by atoms with Gasteiger partial charge in [-0.3, -0.25) is 4.72 Å². The van der Waals surface area contributed by atoms with E-state index < -0.39 is 15.8 Å². The number of aryl methyl sites for hydroxylation is 1. The van der Waals surface area contributed by atoms with Crippen LogP contribution < -0.4 is 4.72 Å². The second-order valence-corrected chi connectivity index (χ2v) is 6.13.